The number of nitrogens with one attached hydrogen (secondary N) is 1. The maximum Gasteiger partial charge on any atom is 0.307 e. The number of carboxylic acids is 1. The van der Waals surface area contributed by atoms with Crippen molar-refractivity contribution >= 4 is 24.5 Å². The molecule has 1 saturated carbocycles. The van der Waals surface area contributed by atoms with E-state index in [2.05, 4.69) is 17.9 Å². The van der Waals surface area contributed by atoms with Crippen molar-refractivity contribution in [2.75, 3.05) is 12.3 Å². The van der Waals surface area contributed by atoms with E-state index in [4.69, 9.17) is 5.11 Å². The molecule has 15 heavy (non-hydrogen) atoms. The Morgan fingerprint density at radius 1 is 1.27 bits per heavy atom. The summed E-state index contributed by atoms with van der Waals surface area (Å²) in [5.74, 6) is -1.25. The molecule has 0 saturated heterocycles. The molecular weight excluding hydrogens is 214 g/mol. The van der Waals surface area contributed by atoms with Crippen molar-refractivity contribution in [1.29, 1.82) is 0 Å². The van der Waals surface area contributed by atoms with Crippen LogP contribution in [0.2, 0.25) is 0 Å². The number of carbonyl (C=O) groups is 2. The first-order valence-corrected chi connectivity index (χ1v) is 5.91. The smallest absolute Gasteiger partial charge is 0.307 e. The van der Waals surface area contributed by atoms with Gasteiger partial charge in [0.25, 0.3) is 0 Å². The number of carbonyl (C=O) groups excluding carboxylic acids is 1. The summed E-state index contributed by atoms with van der Waals surface area (Å²) < 4.78 is 0. The SMILES string of the molecule is O=C(O)C1CCCCC1C(=O)NCCS. The van der Waals surface area contributed by atoms with Gasteiger partial charge in [-0.3, -0.25) is 9.59 Å². The summed E-state index contributed by atoms with van der Waals surface area (Å²) in [5, 5.41) is 11.7. The second-order valence-corrected chi connectivity index (χ2v) is 4.30. The molecule has 5 heteroatoms. The molecule has 0 aromatic heterocycles. The Labute approximate surface area is 94.8 Å². The molecule has 1 aliphatic carbocycles. The van der Waals surface area contributed by atoms with Gasteiger partial charge >= 0.3 is 5.97 Å². The third-order valence-corrected chi connectivity index (χ3v) is 3.05. The van der Waals surface area contributed by atoms with E-state index in [0.29, 0.717) is 25.1 Å². The van der Waals surface area contributed by atoms with E-state index >= 15 is 0 Å². The minimum absolute atomic E-state index is 0.129. The summed E-state index contributed by atoms with van der Waals surface area (Å²) in [6.07, 6.45) is 3.17. The molecule has 2 atom stereocenters. The van der Waals surface area contributed by atoms with Gasteiger partial charge < -0.3 is 10.4 Å². The summed E-state index contributed by atoms with van der Waals surface area (Å²) >= 11 is 3.99. The summed E-state index contributed by atoms with van der Waals surface area (Å²) in [6.45, 7) is 0.505. The summed E-state index contributed by atoms with van der Waals surface area (Å²) in [6, 6.07) is 0. The van der Waals surface area contributed by atoms with Crippen LogP contribution in [0.4, 0.5) is 0 Å². The van der Waals surface area contributed by atoms with Crippen molar-refractivity contribution in [2.24, 2.45) is 11.8 Å². The highest BCUT2D eigenvalue weighted by molar-refractivity contribution is 7.80. The van der Waals surface area contributed by atoms with E-state index in [1.807, 2.05) is 0 Å². The van der Waals surface area contributed by atoms with Gasteiger partial charge in [-0.05, 0) is 12.8 Å². The summed E-state index contributed by atoms with van der Waals surface area (Å²) in [5.41, 5.74) is 0. The van der Waals surface area contributed by atoms with E-state index in [0.717, 1.165) is 12.8 Å². The predicted molar refractivity (Wildman–Crippen MR) is 59.9 cm³/mol. The van der Waals surface area contributed by atoms with Gasteiger partial charge in [-0.1, -0.05) is 12.8 Å². The van der Waals surface area contributed by atoms with Crippen LogP contribution < -0.4 is 5.32 Å². The first kappa shape index (κ1) is 12.4. The van der Waals surface area contributed by atoms with Crippen molar-refractivity contribution in [1.82, 2.24) is 5.32 Å². The molecule has 0 aromatic rings. The van der Waals surface area contributed by atoms with Crippen LogP contribution in [0.5, 0.6) is 0 Å². The van der Waals surface area contributed by atoms with Crippen LogP contribution in [0.25, 0.3) is 0 Å². The van der Waals surface area contributed by atoms with Crippen LogP contribution in [0.15, 0.2) is 0 Å². The largest absolute Gasteiger partial charge is 0.481 e. The lowest BCUT2D eigenvalue weighted by molar-refractivity contribution is -0.148. The van der Waals surface area contributed by atoms with Gasteiger partial charge in [0, 0.05) is 12.3 Å². The van der Waals surface area contributed by atoms with E-state index < -0.39 is 11.9 Å². The minimum atomic E-state index is -0.847. The molecule has 0 radical (unpaired) electrons. The second kappa shape index (κ2) is 6.00. The zero-order valence-electron chi connectivity index (χ0n) is 8.61. The average Bonchev–Trinajstić information content (AvgIpc) is 2.25. The van der Waals surface area contributed by atoms with Crippen LogP contribution in [0, 0.1) is 11.8 Å². The Kier molecular flexibility index (Phi) is 4.94. The number of rotatable bonds is 4. The fourth-order valence-electron chi connectivity index (χ4n) is 2.05. The number of amides is 1. The first-order chi connectivity index (χ1) is 7.16. The number of aliphatic carboxylic acids is 1. The third-order valence-electron chi connectivity index (χ3n) is 2.83. The van der Waals surface area contributed by atoms with Crippen molar-refractivity contribution in [3.05, 3.63) is 0 Å². The molecule has 2 unspecified atom stereocenters. The third kappa shape index (κ3) is 3.41. The van der Waals surface area contributed by atoms with Crippen molar-refractivity contribution in [3.63, 3.8) is 0 Å². The van der Waals surface area contributed by atoms with E-state index in [-0.39, 0.29) is 11.8 Å². The second-order valence-electron chi connectivity index (χ2n) is 3.85. The van der Waals surface area contributed by atoms with Gasteiger partial charge in [-0.25, -0.2) is 0 Å². The molecule has 1 rings (SSSR count). The van der Waals surface area contributed by atoms with Crippen molar-refractivity contribution in [2.45, 2.75) is 25.7 Å². The quantitative estimate of drug-likeness (QED) is 0.630. The van der Waals surface area contributed by atoms with Crippen LogP contribution in [0.1, 0.15) is 25.7 Å². The van der Waals surface area contributed by atoms with E-state index in [1.54, 1.807) is 0 Å². The lowest BCUT2D eigenvalue weighted by Crippen LogP contribution is -2.40. The normalized spacial score (nSPS) is 25.9. The average molecular weight is 231 g/mol. The Bertz CT molecular complexity index is 245. The highest BCUT2D eigenvalue weighted by atomic mass is 32.1. The lowest BCUT2D eigenvalue weighted by Gasteiger charge is -2.27. The molecular formula is C10H17NO3S. The predicted octanol–water partition coefficient (Wildman–Crippen LogP) is 0.923. The molecule has 86 valence electrons. The van der Waals surface area contributed by atoms with Crippen LogP contribution in [-0.2, 0) is 9.59 Å². The summed E-state index contributed by atoms with van der Waals surface area (Å²) in [7, 11) is 0. The Hall–Kier alpha value is -0.710. The fraction of sp³-hybridized carbons (Fsp3) is 0.800. The number of carboxylic acid groups (broad SMARTS) is 1. The fourth-order valence-corrected chi connectivity index (χ4v) is 2.16. The number of hydrogen-bond donors (Lipinski definition) is 3. The monoisotopic (exact) mass is 231 g/mol. The molecule has 1 aliphatic rings. The number of hydrogen-bond acceptors (Lipinski definition) is 3. The lowest BCUT2D eigenvalue weighted by atomic mass is 9.79. The molecule has 0 aliphatic heterocycles. The maximum atomic E-state index is 11.7. The Balaban J connectivity index is 2.55. The van der Waals surface area contributed by atoms with Gasteiger partial charge in [-0.15, -0.1) is 0 Å². The standard InChI is InChI=1S/C10H17NO3S/c12-9(11-5-6-15)7-3-1-2-4-8(7)10(13)14/h7-8,15H,1-6H2,(H,11,12)(H,13,14). The van der Waals surface area contributed by atoms with E-state index in [1.165, 1.54) is 0 Å². The Morgan fingerprint density at radius 2 is 1.87 bits per heavy atom. The Morgan fingerprint density at radius 3 is 2.40 bits per heavy atom. The van der Waals surface area contributed by atoms with Gasteiger partial charge in [0.15, 0.2) is 0 Å². The van der Waals surface area contributed by atoms with Crippen LogP contribution >= 0.6 is 12.6 Å². The zero-order valence-corrected chi connectivity index (χ0v) is 9.50. The molecule has 2 N–H and O–H groups in total. The van der Waals surface area contributed by atoms with Crippen molar-refractivity contribution < 1.29 is 14.7 Å². The minimum Gasteiger partial charge on any atom is -0.481 e. The maximum absolute atomic E-state index is 11.7. The first-order valence-electron chi connectivity index (χ1n) is 5.28. The van der Waals surface area contributed by atoms with Gasteiger partial charge in [0.2, 0.25) is 5.91 Å². The molecule has 4 nitrogen and oxygen atoms in total. The molecule has 0 aromatic carbocycles. The van der Waals surface area contributed by atoms with Gasteiger partial charge in [0.05, 0.1) is 11.8 Å². The zero-order chi connectivity index (χ0) is 11.3. The highest BCUT2D eigenvalue weighted by Crippen LogP contribution is 2.30. The summed E-state index contributed by atoms with van der Waals surface area (Å²) in [4.78, 5) is 22.6. The molecule has 1 fully saturated rings. The molecule has 1 amide bonds. The molecule has 0 heterocycles. The molecule has 0 spiro atoms. The van der Waals surface area contributed by atoms with Gasteiger partial charge in [-0.2, -0.15) is 12.6 Å². The van der Waals surface area contributed by atoms with Crippen LogP contribution in [0.3, 0.4) is 0 Å². The van der Waals surface area contributed by atoms with E-state index in [9.17, 15) is 9.59 Å². The van der Waals surface area contributed by atoms with Gasteiger partial charge in [0.1, 0.15) is 0 Å². The van der Waals surface area contributed by atoms with Crippen molar-refractivity contribution in [3.8, 4) is 0 Å². The van der Waals surface area contributed by atoms with Crippen LogP contribution in [-0.4, -0.2) is 29.3 Å². The highest BCUT2D eigenvalue weighted by Gasteiger charge is 2.35. The topological polar surface area (TPSA) is 66.4 Å². The molecule has 0 bridgehead atoms. The number of thiol groups is 1.